The summed E-state index contributed by atoms with van der Waals surface area (Å²) < 4.78 is 1.10. The normalized spacial score (nSPS) is 21.2. The van der Waals surface area contributed by atoms with Gasteiger partial charge in [0, 0.05) is 28.6 Å². The van der Waals surface area contributed by atoms with Crippen LogP contribution in [0.4, 0.5) is 0 Å². The van der Waals surface area contributed by atoms with Crippen molar-refractivity contribution in [3.63, 3.8) is 0 Å². The molecule has 0 bridgehead atoms. The van der Waals surface area contributed by atoms with Crippen molar-refractivity contribution < 1.29 is 0 Å². The topological polar surface area (TPSA) is 15.3 Å². The number of hydrogen-bond acceptors (Lipinski definition) is 2. The van der Waals surface area contributed by atoms with E-state index in [4.69, 9.17) is 11.6 Å². The summed E-state index contributed by atoms with van der Waals surface area (Å²) in [5.41, 5.74) is 1.22. The summed E-state index contributed by atoms with van der Waals surface area (Å²) in [5.74, 6) is 0. The molecule has 0 spiro atoms. The van der Waals surface area contributed by atoms with Crippen molar-refractivity contribution in [2.45, 2.75) is 31.8 Å². The van der Waals surface area contributed by atoms with Gasteiger partial charge in [0.1, 0.15) is 0 Å². The largest absolute Gasteiger partial charge is 0.318 e. The molecule has 1 N–H and O–H groups in total. The molecule has 2 nitrogen and oxygen atoms in total. The molecule has 4 heteroatoms. The number of likely N-dealkylation sites (tertiary alicyclic amines) is 1. The minimum absolute atomic E-state index is 0.638. The highest BCUT2D eigenvalue weighted by Gasteiger charge is 2.22. The first kappa shape index (κ1) is 14.3. The van der Waals surface area contributed by atoms with E-state index in [9.17, 15) is 0 Å². The highest BCUT2D eigenvalue weighted by Crippen LogP contribution is 2.25. The van der Waals surface area contributed by atoms with E-state index in [2.05, 4.69) is 32.2 Å². The van der Waals surface area contributed by atoms with Gasteiger partial charge >= 0.3 is 0 Å². The predicted molar refractivity (Wildman–Crippen MR) is 81.1 cm³/mol. The first-order chi connectivity index (χ1) is 8.70. The highest BCUT2D eigenvalue weighted by atomic mass is 79.9. The minimum atomic E-state index is 0.638. The van der Waals surface area contributed by atoms with Crippen LogP contribution < -0.4 is 5.32 Å². The Morgan fingerprint density at radius 3 is 3.06 bits per heavy atom. The number of nitrogens with zero attached hydrogens (tertiary/aromatic N) is 1. The van der Waals surface area contributed by atoms with E-state index in [1.54, 1.807) is 0 Å². The van der Waals surface area contributed by atoms with E-state index in [-0.39, 0.29) is 0 Å². The number of nitrogens with one attached hydrogen (secondary N) is 1. The van der Waals surface area contributed by atoms with Gasteiger partial charge in [-0.1, -0.05) is 34.0 Å². The molecule has 0 aromatic heterocycles. The van der Waals surface area contributed by atoms with Gasteiger partial charge in [0.2, 0.25) is 0 Å². The summed E-state index contributed by atoms with van der Waals surface area (Å²) >= 11 is 9.79. The molecule has 0 amide bonds. The third-order valence-corrected chi connectivity index (χ3v) is 4.43. The van der Waals surface area contributed by atoms with Crippen LogP contribution in [-0.4, -0.2) is 31.1 Å². The molecule has 100 valence electrons. The molecular formula is C14H20BrClN2. The molecule has 1 saturated heterocycles. The Morgan fingerprint density at radius 2 is 2.28 bits per heavy atom. The van der Waals surface area contributed by atoms with Crippen molar-refractivity contribution in [2.24, 2.45) is 0 Å². The van der Waals surface area contributed by atoms with E-state index in [0.717, 1.165) is 22.6 Å². The summed E-state index contributed by atoms with van der Waals surface area (Å²) in [5, 5.41) is 4.16. The summed E-state index contributed by atoms with van der Waals surface area (Å²) in [7, 11) is 2.03. The zero-order valence-corrected chi connectivity index (χ0v) is 13.1. The van der Waals surface area contributed by atoms with E-state index < -0.39 is 0 Å². The van der Waals surface area contributed by atoms with Crippen molar-refractivity contribution in [3.8, 4) is 0 Å². The van der Waals surface area contributed by atoms with Gasteiger partial charge < -0.3 is 5.32 Å². The minimum Gasteiger partial charge on any atom is -0.318 e. The Bertz CT molecular complexity index is 395. The third kappa shape index (κ3) is 3.70. The van der Waals surface area contributed by atoms with E-state index in [1.807, 2.05) is 19.2 Å². The molecule has 2 rings (SSSR count). The zero-order chi connectivity index (χ0) is 13.0. The Balaban J connectivity index is 2.08. The van der Waals surface area contributed by atoms with Crippen LogP contribution in [0.3, 0.4) is 0 Å². The second kappa shape index (κ2) is 6.90. The van der Waals surface area contributed by atoms with Crippen LogP contribution in [0.25, 0.3) is 0 Å². The Labute approximate surface area is 123 Å². The molecule has 0 saturated carbocycles. The fraction of sp³-hybridized carbons (Fsp3) is 0.571. The maximum atomic E-state index is 6.28. The second-order valence-corrected chi connectivity index (χ2v) is 6.24. The predicted octanol–water partition coefficient (Wildman–Crippen LogP) is 3.68. The van der Waals surface area contributed by atoms with Crippen LogP contribution in [0.1, 0.15) is 24.8 Å². The zero-order valence-electron chi connectivity index (χ0n) is 10.8. The van der Waals surface area contributed by atoms with E-state index in [1.165, 1.54) is 31.4 Å². The Morgan fingerprint density at radius 1 is 1.44 bits per heavy atom. The molecule has 18 heavy (non-hydrogen) atoms. The van der Waals surface area contributed by atoms with Crippen molar-refractivity contribution in [2.75, 3.05) is 20.1 Å². The molecule has 1 aliphatic rings. The lowest BCUT2D eigenvalue weighted by Gasteiger charge is -2.36. The number of rotatable bonds is 4. The SMILES string of the molecule is CNCC1CCCCN1Cc1cc(Br)ccc1Cl. The average Bonchev–Trinajstić information content (AvgIpc) is 2.36. The maximum absolute atomic E-state index is 6.28. The van der Waals surface area contributed by atoms with Gasteiger partial charge in [-0.05, 0) is 50.2 Å². The monoisotopic (exact) mass is 330 g/mol. The van der Waals surface area contributed by atoms with Gasteiger partial charge in [-0.3, -0.25) is 4.90 Å². The van der Waals surface area contributed by atoms with Crippen LogP contribution in [0.2, 0.25) is 5.02 Å². The lowest BCUT2D eigenvalue weighted by Crippen LogP contribution is -2.44. The van der Waals surface area contributed by atoms with Gasteiger partial charge in [-0.25, -0.2) is 0 Å². The fourth-order valence-electron chi connectivity index (χ4n) is 2.62. The van der Waals surface area contributed by atoms with Gasteiger partial charge in [0.05, 0.1) is 0 Å². The molecule has 1 aromatic carbocycles. The summed E-state index contributed by atoms with van der Waals surface area (Å²) in [6.45, 7) is 3.19. The van der Waals surface area contributed by atoms with Crippen LogP contribution in [0.15, 0.2) is 22.7 Å². The molecule has 0 radical (unpaired) electrons. The van der Waals surface area contributed by atoms with E-state index in [0.29, 0.717) is 6.04 Å². The van der Waals surface area contributed by atoms with Gasteiger partial charge in [-0.2, -0.15) is 0 Å². The number of hydrogen-bond donors (Lipinski definition) is 1. The van der Waals surface area contributed by atoms with Crippen molar-refractivity contribution in [3.05, 3.63) is 33.3 Å². The van der Waals surface area contributed by atoms with Crippen molar-refractivity contribution in [1.29, 1.82) is 0 Å². The molecule has 1 aliphatic heterocycles. The number of halogens is 2. The summed E-state index contributed by atoms with van der Waals surface area (Å²) in [6, 6.07) is 6.73. The van der Waals surface area contributed by atoms with Gasteiger partial charge in [0.15, 0.2) is 0 Å². The lowest BCUT2D eigenvalue weighted by molar-refractivity contribution is 0.139. The number of benzene rings is 1. The third-order valence-electron chi connectivity index (χ3n) is 3.57. The van der Waals surface area contributed by atoms with Crippen LogP contribution >= 0.6 is 27.5 Å². The molecule has 1 atom stereocenters. The van der Waals surface area contributed by atoms with Crippen LogP contribution in [-0.2, 0) is 6.54 Å². The van der Waals surface area contributed by atoms with Crippen LogP contribution in [0.5, 0.6) is 0 Å². The average molecular weight is 332 g/mol. The van der Waals surface area contributed by atoms with Crippen LogP contribution in [0, 0.1) is 0 Å². The van der Waals surface area contributed by atoms with Crippen molar-refractivity contribution in [1.82, 2.24) is 10.2 Å². The standard InChI is InChI=1S/C14H20BrClN2/c1-17-9-13-4-2-3-7-18(13)10-11-8-12(15)5-6-14(11)16/h5-6,8,13,17H,2-4,7,9-10H2,1H3. The molecule has 1 fully saturated rings. The first-order valence-electron chi connectivity index (χ1n) is 6.53. The van der Waals surface area contributed by atoms with Crippen molar-refractivity contribution >= 4 is 27.5 Å². The second-order valence-electron chi connectivity index (χ2n) is 4.91. The summed E-state index contributed by atoms with van der Waals surface area (Å²) in [4.78, 5) is 2.55. The highest BCUT2D eigenvalue weighted by molar-refractivity contribution is 9.10. The molecule has 1 aromatic rings. The Kier molecular flexibility index (Phi) is 5.49. The van der Waals surface area contributed by atoms with E-state index >= 15 is 0 Å². The first-order valence-corrected chi connectivity index (χ1v) is 7.70. The van der Waals surface area contributed by atoms with Gasteiger partial charge in [-0.15, -0.1) is 0 Å². The summed E-state index contributed by atoms with van der Waals surface area (Å²) in [6.07, 6.45) is 3.92. The quantitative estimate of drug-likeness (QED) is 0.905. The molecular weight excluding hydrogens is 312 g/mol. The fourth-order valence-corrected chi connectivity index (χ4v) is 3.20. The molecule has 0 aliphatic carbocycles. The molecule has 1 unspecified atom stereocenters. The maximum Gasteiger partial charge on any atom is 0.0451 e. The molecule has 1 heterocycles. The number of likely N-dealkylation sites (N-methyl/N-ethyl adjacent to an activating group) is 1. The number of piperidine rings is 1. The smallest absolute Gasteiger partial charge is 0.0451 e. The Hall–Kier alpha value is -0.0900. The lowest BCUT2D eigenvalue weighted by atomic mass is 10.0. The van der Waals surface area contributed by atoms with Gasteiger partial charge in [0.25, 0.3) is 0 Å².